The van der Waals surface area contributed by atoms with Gasteiger partial charge >= 0.3 is 11.9 Å². The van der Waals surface area contributed by atoms with Crippen LogP contribution in [0.3, 0.4) is 0 Å². The monoisotopic (exact) mass is 320 g/mol. The van der Waals surface area contributed by atoms with Gasteiger partial charge in [-0.25, -0.2) is 19.9 Å². The third-order valence-corrected chi connectivity index (χ3v) is 3.28. The van der Waals surface area contributed by atoms with Gasteiger partial charge in [0.2, 0.25) is 5.95 Å². The third-order valence-electron chi connectivity index (χ3n) is 2.39. The number of hydrogen-bond donors (Lipinski definition) is 2. The number of alkyl halides is 3. The number of nitrogen functional groups attached to an aromatic ring is 1. The molecule has 2 aromatic heterocycles. The van der Waals surface area contributed by atoms with Crippen LogP contribution in [0.1, 0.15) is 25.6 Å². The Bertz CT molecular complexity index is 708. The maximum Gasteiger partial charge on any atom is 0.433 e. The Kier molecular flexibility index (Phi) is 3.94. The van der Waals surface area contributed by atoms with Crippen LogP contribution in [0.25, 0.3) is 0 Å². The fourth-order valence-corrected chi connectivity index (χ4v) is 2.53. The van der Waals surface area contributed by atoms with Crippen molar-refractivity contribution in [3.8, 4) is 0 Å². The number of H-pyrrole nitrogens is 1. The van der Waals surface area contributed by atoms with Crippen LogP contribution in [0, 0.1) is 0 Å². The molecule has 0 unspecified atom stereocenters. The van der Waals surface area contributed by atoms with Crippen molar-refractivity contribution in [1.82, 2.24) is 24.7 Å². The van der Waals surface area contributed by atoms with E-state index in [1.165, 1.54) is 4.57 Å². The zero-order chi connectivity index (χ0) is 15.8. The van der Waals surface area contributed by atoms with E-state index in [0.29, 0.717) is 0 Å². The second-order valence-corrected chi connectivity index (χ2v) is 5.31. The fourth-order valence-electron chi connectivity index (χ4n) is 1.55. The zero-order valence-electron chi connectivity index (χ0n) is 11.0. The normalized spacial score (nSPS) is 12.1. The first kappa shape index (κ1) is 15.4. The highest BCUT2D eigenvalue weighted by atomic mass is 32.2. The van der Waals surface area contributed by atoms with Crippen molar-refractivity contribution in [2.24, 2.45) is 0 Å². The standard InChI is InChI=1S/C10H11F3N6OS/c1-4(2)19-8(20)17-18-9(19)21-6-3-5(10(11,12)13)15-7(14)16-6/h3-4H,1-2H3,(H,17,20)(H2,14,15,16). The molecule has 3 N–H and O–H groups in total. The van der Waals surface area contributed by atoms with Gasteiger partial charge in [-0.1, -0.05) is 0 Å². The van der Waals surface area contributed by atoms with E-state index in [4.69, 9.17) is 5.73 Å². The number of nitrogens with two attached hydrogens (primary N) is 1. The van der Waals surface area contributed by atoms with Gasteiger partial charge in [0.05, 0.1) is 0 Å². The largest absolute Gasteiger partial charge is 0.433 e. The topological polar surface area (TPSA) is 102 Å². The van der Waals surface area contributed by atoms with E-state index >= 15 is 0 Å². The van der Waals surface area contributed by atoms with E-state index in [1.54, 1.807) is 13.8 Å². The first-order valence-electron chi connectivity index (χ1n) is 5.75. The van der Waals surface area contributed by atoms with Crippen LogP contribution in [0.2, 0.25) is 0 Å². The molecule has 21 heavy (non-hydrogen) atoms. The highest BCUT2D eigenvalue weighted by Gasteiger charge is 2.33. The Morgan fingerprint density at radius 2 is 2.05 bits per heavy atom. The van der Waals surface area contributed by atoms with E-state index in [0.717, 1.165) is 17.8 Å². The molecule has 0 radical (unpaired) electrons. The molecule has 0 fully saturated rings. The number of nitrogens with zero attached hydrogens (tertiary/aromatic N) is 4. The molecule has 0 aliphatic carbocycles. The van der Waals surface area contributed by atoms with Gasteiger partial charge in [0.1, 0.15) is 5.03 Å². The Hall–Kier alpha value is -2.04. The summed E-state index contributed by atoms with van der Waals surface area (Å²) in [5, 5.41) is 6.15. The van der Waals surface area contributed by atoms with Gasteiger partial charge in [-0.15, -0.1) is 5.10 Å². The van der Waals surface area contributed by atoms with E-state index in [1.807, 2.05) is 0 Å². The lowest BCUT2D eigenvalue weighted by Crippen LogP contribution is -2.19. The van der Waals surface area contributed by atoms with Crippen LogP contribution < -0.4 is 11.4 Å². The summed E-state index contributed by atoms with van der Waals surface area (Å²) in [6.07, 6.45) is -4.63. The van der Waals surface area contributed by atoms with Crippen molar-refractivity contribution >= 4 is 17.7 Å². The van der Waals surface area contributed by atoms with Crippen molar-refractivity contribution in [3.05, 3.63) is 22.2 Å². The third kappa shape index (κ3) is 3.35. The lowest BCUT2D eigenvalue weighted by atomic mass is 10.4. The summed E-state index contributed by atoms with van der Waals surface area (Å²) >= 11 is 0.797. The Balaban J connectivity index is 2.41. The van der Waals surface area contributed by atoms with Crippen LogP contribution >= 0.6 is 11.8 Å². The molecule has 0 bridgehead atoms. The molecule has 114 valence electrons. The SMILES string of the molecule is CC(C)n1c(Sc2cc(C(F)(F)F)nc(N)n2)n[nH]c1=O. The molecular weight excluding hydrogens is 309 g/mol. The van der Waals surface area contributed by atoms with Gasteiger partial charge in [-0.2, -0.15) is 13.2 Å². The number of aromatic nitrogens is 5. The van der Waals surface area contributed by atoms with Crippen molar-refractivity contribution in [3.63, 3.8) is 0 Å². The molecule has 11 heteroatoms. The lowest BCUT2D eigenvalue weighted by molar-refractivity contribution is -0.141. The van der Waals surface area contributed by atoms with Gasteiger partial charge in [0, 0.05) is 12.1 Å². The second kappa shape index (κ2) is 5.39. The minimum atomic E-state index is -4.63. The van der Waals surface area contributed by atoms with E-state index < -0.39 is 23.5 Å². The van der Waals surface area contributed by atoms with Crippen molar-refractivity contribution < 1.29 is 13.2 Å². The van der Waals surface area contributed by atoms with Gasteiger partial charge in [0.25, 0.3) is 0 Å². The van der Waals surface area contributed by atoms with Crippen molar-refractivity contribution in [1.29, 1.82) is 0 Å². The Labute approximate surface area is 120 Å². The fraction of sp³-hybridized carbons (Fsp3) is 0.400. The molecule has 0 amide bonds. The van der Waals surface area contributed by atoms with Gasteiger partial charge in [-0.05, 0) is 25.6 Å². The average Bonchev–Trinajstić information content (AvgIpc) is 2.68. The van der Waals surface area contributed by atoms with Crippen LogP contribution in [0.4, 0.5) is 19.1 Å². The number of halogens is 3. The quantitative estimate of drug-likeness (QED) is 0.834. The van der Waals surface area contributed by atoms with Gasteiger partial charge < -0.3 is 5.73 Å². The molecule has 0 aliphatic heterocycles. The van der Waals surface area contributed by atoms with Crippen LogP contribution in [-0.4, -0.2) is 24.7 Å². The summed E-state index contributed by atoms with van der Waals surface area (Å²) in [5.41, 5.74) is 3.68. The predicted octanol–water partition coefficient (Wildman–Crippen LogP) is 1.69. The van der Waals surface area contributed by atoms with E-state index in [9.17, 15) is 18.0 Å². The van der Waals surface area contributed by atoms with Crippen LogP contribution in [-0.2, 0) is 6.18 Å². The molecule has 2 aromatic rings. The summed E-state index contributed by atoms with van der Waals surface area (Å²) in [7, 11) is 0. The Morgan fingerprint density at radius 3 is 2.62 bits per heavy atom. The molecule has 0 atom stereocenters. The minimum absolute atomic E-state index is 0.0456. The number of nitrogens with one attached hydrogen (secondary N) is 1. The first-order valence-corrected chi connectivity index (χ1v) is 6.56. The average molecular weight is 320 g/mol. The van der Waals surface area contributed by atoms with E-state index in [-0.39, 0.29) is 16.2 Å². The molecule has 0 saturated heterocycles. The highest BCUT2D eigenvalue weighted by Crippen LogP contribution is 2.32. The molecule has 0 saturated carbocycles. The molecule has 2 rings (SSSR count). The number of hydrogen-bond acceptors (Lipinski definition) is 6. The highest BCUT2D eigenvalue weighted by molar-refractivity contribution is 7.99. The molecule has 7 nitrogen and oxygen atoms in total. The molecular formula is C10H11F3N6OS. The maximum absolute atomic E-state index is 12.7. The summed E-state index contributed by atoms with van der Waals surface area (Å²) in [6.45, 7) is 3.49. The summed E-state index contributed by atoms with van der Waals surface area (Å²) in [5.74, 6) is -0.499. The Morgan fingerprint density at radius 1 is 1.38 bits per heavy atom. The molecule has 0 spiro atoms. The first-order chi connectivity index (χ1) is 9.68. The minimum Gasteiger partial charge on any atom is -0.368 e. The van der Waals surface area contributed by atoms with Crippen molar-refractivity contribution in [2.75, 3.05) is 5.73 Å². The number of aromatic amines is 1. The maximum atomic E-state index is 12.7. The van der Waals surface area contributed by atoms with Crippen LogP contribution in [0.15, 0.2) is 21.0 Å². The lowest BCUT2D eigenvalue weighted by Gasteiger charge is -2.10. The number of rotatable bonds is 3. The summed E-state index contributed by atoms with van der Waals surface area (Å²) in [6, 6.07) is 0.546. The second-order valence-electron chi connectivity index (χ2n) is 4.32. The van der Waals surface area contributed by atoms with Crippen LogP contribution in [0.5, 0.6) is 0 Å². The summed E-state index contributed by atoms with van der Waals surface area (Å²) < 4.78 is 39.3. The van der Waals surface area contributed by atoms with Gasteiger partial charge in [-0.3, -0.25) is 4.57 Å². The predicted molar refractivity (Wildman–Crippen MR) is 68.8 cm³/mol. The molecule has 2 heterocycles. The zero-order valence-corrected chi connectivity index (χ0v) is 11.8. The molecule has 0 aromatic carbocycles. The number of anilines is 1. The summed E-state index contributed by atoms with van der Waals surface area (Å²) in [4.78, 5) is 18.4. The smallest absolute Gasteiger partial charge is 0.368 e. The van der Waals surface area contributed by atoms with E-state index in [2.05, 4.69) is 20.2 Å². The van der Waals surface area contributed by atoms with Gasteiger partial charge in [0.15, 0.2) is 10.9 Å². The molecule has 0 aliphatic rings. The van der Waals surface area contributed by atoms with Crippen molar-refractivity contribution in [2.45, 2.75) is 36.2 Å².